The van der Waals surface area contributed by atoms with Crippen molar-refractivity contribution < 1.29 is 4.79 Å². The van der Waals surface area contributed by atoms with E-state index in [-0.39, 0.29) is 5.91 Å². The lowest BCUT2D eigenvalue weighted by atomic mass is 9.98. The number of rotatable bonds is 6. The zero-order valence-electron chi connectivity index (χ0n) is 19.0. The van der Waals surface area contributed by atoms with Crippen LogP contribution >= 0.6 is 0 Å². The second-order valence-electron chi connectivity index (χ2n) is 8.11. The van der Waals surface area contributed by atoms with Gasteiger partial charge in [-0.25, -0.2) is 4.98 Å². The van der Waals surface area contributed by atoms with E-state index in [0.29, 0.717) is 5.69 Å². The Bertz CT molecular complexity index is 1530. The highest BCUT2D eigenvalue weighted by Gasteiger charge is 2.12. The monoisotopic (exact) mass is 448 g/mol. The SMILES string of the molecule is C=CC(=O)Nc1cc(-c2cnc3[nH]cc(-c4ccnc(CC)c4)c3c2)cc(-c2cnn(C)c2)c1. The smallest absolute Gasteiger partial charge is 0.247 e. The number of carbonyl (C=O) groups is 1. The molecule has 4 heterocycles. The summed E-state index contributed by atoms with van der Waals surface area (Å²) < 4.78 is 1.75. The molecule has 0 saturated heterocycles. The normalized spacial score (nSPS) is 11.0. The van der Waals surface area contributed by atoms with E-state index in [9.17, 15) is 4.79 Å². The van der Waals surface area contributed by atoms with Gasteiger partial charge in [0.05, 0.1) is 6.20 Å². The largest absolute Gasteiger partial charge is 0.346 e. The number of aromatic amines is 1. The number of hydrogen-bond donors (Lipinski definition) is 2. The first-order chi connectivity index (χ1) is 16.5. The minimum Gasteiger partial charge on any atom is -0.346 e. The summed E-state index contributed by atoms with van der Waals surface area (Å²) in [5, 5.41) is 8.19. The Labute approximate surface area is 197 Å². The number of hydrogen-bond acceptors (Lipinski definition) is 4. The molecule has 1 amide bonds. The van der Waals surface area contributed by atoms with Crippen LogP contribution in [0.3, 0.4) is 0 Å². The van der Waals surface area contributed by atoms with E-state index in [2.05, 4.69) is 57.1 Å². The van der Waals surface area contributed by atoms with Crippen LogP contribution in [0.2, 0.25) is 0 Å². The molecule has 34 heavy (non-hydrogen) atoms. The zero-order chi connectivity index (χ0) is 23.7. The number of benzene rings is 1. The summed E-state index contributed by atoms with van der Waals surface area (Å²) in [4.78, 5) is 24.4. The van der Waals surface area contributed by atoms with Crippen LogP contribution in [0, 0.1) is 0 Å². The second-order valence-corrected chi connectivity index (χ2v) is 8.11. The number of aryl methyl sites for hydroxylation is 2. The first kappa shape index (κ1) is 21.3. The van der Waals surface area contributed by atoms with Gasteiger partial charge in [0, 0.05) is 65.3 Å². The molecule has 0 aliphatic heterocycles. The number of aromatic nitrogens is 5. The molecule has 2 N–H and O–H groups in total. The van der Waals surface area contributed by atoms with Gasteiger partial charge in [0.15, 0.2) is 0 Å². The number of carbonyl (C=O) groups excluding carboxylic acids is 1. The Morgan fingerprint density at radius 1 is 1.06 bits per heavy atom. The average molecular weight is 449 g/mol. The lowest BCUT2D eigenvalue weighted by molar-refractivity contribution is -0.111. The number of pyridine rings is 2. The van der Waals surface area contributed by atoms with Crippen molar-refractivity contribution in [3.8, 4) is 33.4 Å². The molecule has 0 aliphatic rings. The highest BCUT2D eigenvalue weighted by atomic mass is 16.1. The van der Waals surface area contributed by atoms with Gasteiger partial charge in [-0.1, -0.05) is 13.5 Å². The van der Waals surface area contributed by atoms with Crippen molar-refractivity contribution in [1.29, 1.82) is 0 Å². The van der Waals surface area contributed by atoms with Crippen molar-refractivity contribution in [1.82, 2.24) is 24.7 Å². The molecule has 168 valence electrons. The molecule has 5 rings (SSSR count). The Hall–Kier alpha value is -4.52. The summed E-state index contributed by atoms with van der Waals surface area (Å²) >= 11 is 0. The minimum absolute atomic E-state index is 0.264. The fourth-order valence-corrected chi connectivity index (χ4v) is 4.04. The average Bonchev–Trinajstić information content (AvgIpc) is 3.49. The maximum Gasteiger partial charge on any atom is 0.247 e. The fourth-order valence-electron chi connectivity index (χ4n) is 4.04. The molecule has 0 spiro atoms. The number of H-pyrrole nitrogens is 1. The molecule has 0 fully saturated rings. The molecule has 1 aromatic carbocycles. The van der Waals surface area contributed by atoms with Crippen LogP contribution in [0.5, 0.6) is 0 Å². The van der Waals surface area contributed by atoms with Crippen LogP contribution in [-0.4, -0.2) is 30.6 Å². The number of anilines is 1. The number of fused-ring (bicyclic) bond motifs is 1. The van der Waals surface area contributed by atoms with Gasteiger partial charge in [-0.3, -0.25) is 14.5 Å². The summed E-state index contributed by atoms with van der Waals surface area (Å²) in [6.45, 7) is 5.65. The molecule has 0 bridgehead atoms. The molecular formula is C27H24N6O. The highest BCUT2D eigenvalue weighted by molar-refractivity contribution is 6.00. The Morgan fingerprint density at radius 3 is 2.62 bits per heavy atom. The minimum atomic E-state index is -0.264. The molecule has 5 aromatic rings. The molecule has 7 nitrogen and oxygen atoms in total. The molecule has 4 aromatic heterocycles. The van der Waals surface area contributed by atoms with Gasteiger partial charge >= 0.3 is 0 Å². The summed E-state index contributed by atoms with van der Waals surface area (Å²) in [5.74, 6) is -0.264. The first-order valence-electron chi connectivity index (χ1n) is 11.0. The Balaban J connectivity index is 1.64. The van der Waals surface area contributed by atoms with Crippen molar-refractivity contribution in [2.24, 2.45) is 7.05 Å². The molecular weight excluding hydrogens is 424 g/mol. The van der Waals surface area contributed by atoms with Crippen molar-refractivity contribution in [3.05, 3.63) is 85.7 Å². The van der Waals surface area contributed by atoms with Crippen molar-refractivity contribution in [2.75, 3.05) is 5.32 Å². The summed E-state index contributed by atoms with van der Waals surface area (Å²) in [5.41, 5.74) is 8.49. The first-order valence-corrected chi connectivity index (χ1v) is 11.0. The van der Waals surface area contributed by atoms with Crippen LogP contribution in [0.4, 0.5) is 5.69 Å². The predicted octanol–water partition coefficient (Wildman–Crippen LogP) is 5.38. The van der Waals surface area contributed by atoms with Crippen LogP contribution in [0.25, 0.3) is 44.4 Å². The van der Waals surface area contributed by atoms with E-state index in [4.69, 9.17) is 0 Å². The maximum absolute atomic E-state index is 12.0. The third-order valence-electron chi connectivity index (χ3n) is 5.78. The molecule has 0 saturated carbocycles. The van der Waals surface area contributed by atoms with Crippen LogP contribution in [0.15, 0.2) is 80.0 Å². The van der Waals surface area contributed by atoms with E-state index >= 15 is 0 Å². The molecule has 0 atom stereocenters. The van der Waals surface area contributed by atoms with Crippen molar-refractivity contribution >= 4 is 22.6 Å². The third kappa shape index (κ3) is 4.11. The Morgan fingerprint density at radius 2 is 1.88 bits per heavy atom. The molecule has 0 unspecified atom stereocenters. The van der Waals surface area contributed by atoms with Gasteiger partial charge < -0.3 is 10.3 Å². The van der Waals surface area contributed by atoms with Crippen LogP contribution < -0.4 is 5.32 Å². The maximum atomic E-state index is 12.0. The lowest BCUT2D eigenvalue weighted by Crippen LogP contribution is -2.07. The summed E-state index contributed by atoms with van der Waals surface area (Å²) in [6.07, 6.45) is 11.6. The van der Waals surface area contributed by atoms with E-state index in [1.165, 1.54) is 6.08 Å². The van der Waals surface area contributed by atoms with E-state index < -0.39 is 0 Å². The van der Waals surface area contributed by atoms with E-state index in [1.54, 1.807) is 10.9 Å². The van der Waals surface area contributed by atoms with Gasteiger partial charge in [-0.05, 0) is 65.6 Å². The van der Waals surface area contributed by atoms with Gasteiger partial charge in [0.1, 0.15) is 5.65 Å². The molecule has 7 heteroatoms. The lowest BCUT2D eigenvalue weighted by Gasteiger charge is -2.10. The van der Waals surface area contributed by atoms with Crippen LogP contribution in [-0.2, 0) is 18.3 Å². The third-order valence-corrected chi connectivity index (χ3v) is 5.78. The van der Waals surface area contributed by atoms with Gasteiger partial charge in [0.2, 0.25) is 5.91 Å². The predicted molar refractivity (Wildman–Crippen MR) is 135 cm³/mol. The second kappa shape index (κ2) is 8.78. The Kier molecular flexibility index (Phi) is 5.51. The quantitative estimate of drug-likeness (QED) is 0.341. The standard InChI is InChI=1S/C27H24N6O/c1-4-22-9-17(6-7-28-22)25-15-30-27-24(25)12-20(13-29-27)18-8-19(21-14-31-33(3)16-21)11-23(10-18)32-26(34)5-2/h5-16H,2,4H2,1,3H3,(H,29,30)(H,32,34). The number of amides is 1. The zero-order valence-corrected chi connectivity index (χ0v) is 19.0. The van der Waals surface area contributed by atoms with E-state index in [0.717, 1.165) is 56.5 Å². The molecule has 0 radical (unpaired) electrons. The summed E-state index contributed by atoms with van der Waals surface area (Å²) in [7, 11) is 1.88. The topological polar surface area (TPSA) is 88.5 Å². The van der Waals surface area contributed by atoms with E-state index in [1.807, 2.05) is 50.0 Å². The summed E-state index contributed by atoms with van der Waals surface area (Å²) in [6, 6.07) is 12.2. The van der Waals surface area contributed by atoms with Crippen molar-refractivity contribution in [2.45, 2.75) is 13.3 Å². The van der Waals surface area contributed by atoms with Crippen molar-refractivity contribution in [3.63, 3.8) is 0 Å². The fraction of sp³-hybridized carbons (Fsp3) is 0.111. The number of nitrogens with one attached hydrogen (secondary N) is 2. The highest BCUT2D eigenvalue weighted by Crippen LogP contribution is 2.34. The van der Waals surface area contributed by atoms with Crippen LogP contribution in [0.1, 0.15) is 12.6 Å². The van der Waals surface area contributed by atoms with Gasteiger partial charge in [-0.15, -0.1) is 0 Å². The van der Waals surface area contributed by atoms with Gasteiger partial charge in [-0.2, -0.15) is 5.10 Å². The number of nitrogens with zero attached hydrogens (tertiary/aromatic N) is 4. The molecule has 0 aliphatic carbocycles. The van der Waals surface area contributed by atoms with Gasteiger partial charge in [0.25, 0.3) is 0 Å².